The zero-order chi connectivity index (χ0) is 39.3. The lowest BCUT2D eigenvalue weighted by Gasteiger charge is -2.19. The maximum atomic E-state index is 12.4. The van der Waals surface area contributed by atoms with Crippen LogP contribution in [0.3, 0.4) is 0 Å². The van der Waals surface area contributed by atoms with Crippen LogP contribution in [0.2, 0.25) is 0 Å². The van der Waals surface area contributed by atoms with E-state index < -0.39 is 12.1 Å². The summed E-state index contributed by atoms with van der Waals surface area (Å²) in [6.45, 7) is 4.30. The van der Waals surface area contributed by atoms with E-state index in [-0.39, 0.29) is 12.5 Å². The molecule has 1 amide bonds. The second-order valence-electron chi connectivity index (χ2n) is 16.5. The van der Waals surface area contributed by atoms with Crippen LogP contribution in [0.25, 0.3) is 0 Å². The molecule has 0 bridgehead atoms. The lowest BCUT2D eigenvalue weighted by atomic mass is 10.0. The van der Waals surface area contributed by atoms with Gasteiger partial charge in [0.15, 0.2) is 0 Å². The summed E-state index contributed by atoms with van der Waals surface area (Å²) in [6.07, 6.45) is 61.4. The van der Waals surface area contributed by atoms with Crippen LogP contribution in [0.15, 0.2) is 36.5 Å². The summed E-state index contributed by atoms with van der Waals surface area (Å²) in [5.41, 5.74) is 0. The van der Waals surface area contributed by atoms with Crippen molar-refractivity contribution >= 4 is 5.91 Å². The van der Waals surface area contributed by atoms with Crippen molar-refractivity contribution in [1.82, 2.24) is 5.32 Å². The van der Waals surface area contributed by atoms with Gasteiger partial charge >= 0.3 is 0 Å². The smallest absolute Gasteiger partial charge is 0.220 e. The minimum Gasteiger partial charge on any atom is -0.394 e. The first-order valence-electron chi connectivity index (χ1n) is 24.2. The summed E-state index contributed by atoms with van der Waals surface area (Å²) in [7, 11) is 0. The van der Waals surface area contributed by atoms with Gasteiger partial charge in [0.1, 0.15) is 0 Å². The predicted molar refractivity (Wildman–Crippen MR) is 239 cm³/mol. The van der Waals surface area contributed by atoms with Crippen LogP contribution >= 0.6 is 0 Å². The van der Waals surface area contributed by atoms with Crippen molar-refractivity contribution in [2.75, 3.05) is 6.61 Å². The van der Waals surface area contributed by atoms with Crippen molar-refractivity contribution in [3.8, 4) is 0 Å². The molecule has 0 radical (unpaired) electrons. The fourth-order valence-corrected chi connectivity index (χ4v) is 7.37. The number of rotatable bonds is 44. The number of aliphatic hydroxyl groups excluding tert-OH is 2. The summed E-state index contributed by atoms with van der Waals surface area (Å²) in [6, 6.07) is -0.642. The van der Waals surface area contributed by atoms with Gasteiger partial charge in [-0.1, -0.05) is 230 Å². The molecule has 0 saturated heterocycles. The van der Waals surface area contributed by atoms with Gasteiger partial charge in [-0.3, -0.25) is 4.79 Å². The Morgan fingerprint density at radius 2 is 0.722 bits per heavy atom. The molecule has 4 heteroatoms. The molecule has 0 aromatic heterocycles. The summed E-state index contributed by atoms with van der Waals surface area (Å²) in [5.74, 6) is -0.0812. The first kappa shape index (κ1) is 52.6. The van der Waals surface area contributed by atoms with Gasteiger partial charge in [-0.05, 0) is 57.8 Å². The number of nitrogens with one attached hydrogen (secondary N) is 1. The molecule has 54 heavy (non-hydrogen) atoms. The largest absolute Gasteiger partial charge is 0.394 e. The van der Waals surface area contributed by atoms with E-state index in [1.54, 1.807) is 6.08 Å². The quantitative estimate of drug-likeness (QED) is 0.0428. The summed E-state index contributed by atoms with van der Waals surface area (Å²) >= 11 is 0. The lowest BCUT2D eigenvalue weighted by Crippen LogP contribution is -2.45. The molecule has 2 unspecified atom stereocenters. The Bertz CT molecular complexity index is 821. The van der Waals surface area contributed by atoms with Crippen molar-refractivity contribution in [3.63, 3.8) is 0 Å². The standard InChI is InChI=1S/C50H95NO3/c1-3-5-7-9-11-13-15-17-19-20-21-22-23-24-25-26-27-28-29-30-32-33-35-37-39-41-43-45-49(53)48(47-52)51-50(54)46-44-42-40-38-36-34-31-18-16-14-12-10-8-6-4-2/h18,31,35,37,43,45,48-49,52-53H,3-17,19-30,32-34,36,38-42,44,46-47H2,1-2H3,(H,51,54)/b31-18-,37-35+,45-43+. The van der Waals surface area contributed by atoms with Crippen LogP contribution in [-0.4, -0.2) is 34.9 Å². The first-order chi connectivity index (χ1) is 26.7. The molecule has 0 aromatic rings. The molecule has 0 aromatic carbocycles. The van der Waals surface area contributed by atoms with Gasteiger partial charge in [-0.2, -0.15) is 0 Å². The Hall–Kier alpha value is -1.39. The van der Waals surface area contributed by atoms with E-state index in [4.69, 9.17) is 0 Å². The summed E-state index contributed by atoms with van der Waals surface area (Å²) < 4.78 is 0. The van der Waals surface area contributed by atoms with Gasteiger partial charge in [-0.15, -0.1) is 0 Å². The van der Waals surface area contributed by atoms with Gasteiger partial charge in [0, 0.05) is 6.42 Å². The number of carbonyl (C=O) groups excluding carboxylic acids is 1. The SMILES string of the molecule is CCCCCCCC/C=C\CCCCCCCC(=O)NC(CO)C(O)/C=C/CC/C=C/CCCCCCCCCCCCCCCCCCCCCCC. The second kappa shape index (κ2) is 46.0. The molecule has 318 valence electrons. The van der Waals surface area contributed by atoms with Gasteiger partial charge < -0.3 is 15.5 Å². The zero-order valence-corrected chi connectivity index (χ0v) is 36.5. The minimum atomic E-state index is -0.865. The monoisotopic (exact) mass is 758 g/mol. The molecular formula is C50H95NO3. The van der Waals surface area contributed by atoms with E-state index >= 15 is 0 Å². The van der Waals surface area contributed by atoms with Crippen LogP contribution < -0.4 is 5.32 Å². The number of amides is 1. The predicted octanol–water partition coefficient (Wildman–Crippen LogP) is 15.4. The molecule has 0 aliphatic carbocycles. The Morgan fingerprint density at radius 1 is 0.426 bits per heavy atom. The summed E-state index contributed by atoms with van der Waals surface area (Å²) in [5, 5.41) is 23.0. The lowest BCUT2D eigenvalue weighted by molar-refractivity contribution is -0.123. The molecule has 0 aliphatic rings. The van der Waals surface area contributed by atoms with Crippen LogP contribution in [-0.2, 0) is 4.79 Å². The highest BCUT2D eigenvalue weighted by atomic mass is 16.3. The van der Waals surface area contributed by atoms with Crippen molar-refractivity contribution in [2.45, 2.75) is 270 Å². The van der Waals surface area contributed by atoms with Crippen molar-refractivity contribution < 1.29 is 15.0 Å². The third-order valence-corrected chi connectivity index (χ3v) is 11.1. The highest BCUT2D eigenvalue weighted by Crippen LogP contribution is 2.16. The minimum absolute atomic E-state index is 0.0812. The molecule has 0 fully saturated rings. The summed E-state index contributed by atoms with van der Waals surface area (Å²) in [4.78, 5) is 12.4. The fourth-order valence-electron chi connectivity index (χ4n) is 7.37. The molecule has 0 spiro atoms. The highest BCUT2D eigenvalue weighted by Gasteiger charge is 2.17. The van der Waals surface area contributed by atoms with Crippen molar-refractivity contribution in [2.24, 2.45) is 0 Å². The number of allylic oxidation sites excluding steroid dienone is 5. The van der Waals surface area contributed by atoms with E-state index in [1.165, 1.54) is 193 Å². The zero-order valence-electron chi connectivity index (χ0n) is 36.5. The number of carbonyl (C=O) groups is 1. The normalized spacial score (nSPS) is 13.2. The number of aliphatic hydroxyl groups is 2. The highest BCUT2D eigenvalue weighted by molar-refractivity contribution is 5.76. The topological polar surface area (TPSA) is 69.6 Å². The third kappa shape index (κ3) is 41.8. The molecule has 2 atom stereocenters. The van der Waals surface area contributed by atoms with Gasteiger partial charge in [0.2, 0.25) is 5.91 Å². The van der Waals surface area contributed by atoms with Gasteiger partial charge in [0.05, 0.1) is 18.8 Å². The van der Waals surface area contributed by atoms with Gasteiger partial charge in [-0.25, -0.2) is 0 Å². The fraction of sp³-hybridized carbons (Fsp3) is 0.860. The van der Waals surface area contributed by atoms with Crippen LogP contribution in [0.4, 0.5) is 0 Å². The average Bonchev–Trinajstić information content (AvgIpc) is 3.18. The molecule has 4 nitrogen and oxygen atoms in total. The molecule has 0 saturated carbocycles. The van der Waals surface area contributed by atoms with Crippen molar-refractivity contribution in [1.29, 1.82) is 0 Å². The van der Waals surface area contributed by atoms with E-state index in [1.807, 2.05) is 6.08 Å². The molecule has 0 heterocycles. The molecular weight excluding hydrogens is 663 g/mol. The Morgan fingerprint density at radius 3 is 1.07 bits per heavy atom. The van der Waals surface area contributed by atoms with E-state index in [9.17, 15) is 15.0 Å². The number of hydrogen-bond acceptors (Lipinski definition) is 3. The first-order valence-corrected chi connectivity index (χ1v) is 24.2. The van der Waals surface area contributed by atoms with E-state index in [2.05, 4.69) is 43.5 Å². The number of unbranched alkanes of at least 4 members (excludes halogenated alkanes) is 33. The number of hydrogen-bond donors (Lipinski definition) is 3. The Labute approximate surface area is 338 Å². The van der Waals surface area contributed by atoms with Crippen LogP contribution in [0, 0.1) is 0 Å². The average molecular weight is 758 g/mol. The maximum absolute atomic E-state index is 12.4. The van der Waals surface area contributed by atoms with E-state index in [0.29, 0.717) is 6.42 Å². The maximum Gasteiger partial charge on any atom is 0.220 e. The van der Waals surface area contributed by atoms with Crippen LogP contribution in [0.5, 0.6) is 0 Å². The van der Waals surface area contributed by atoms with E-state index in [0.717, 1.165) is 44.9 Å². The molecule has 0 rings (SSSR count). The van der Waals surface area contributed by atoms with Gasteiger partial charge in [0.25, 0.3) is 0 Å². The Balaban J connectivity index is 3.55. The van der Waals surface area contributed by atoms with Crippen LogP contribution in [0.1, 0.15) is 258 Å². The molecule has 3 N–H and O–H groups in total. The van der Waals surface area contributed by atoms with Crippen molar-refractivity contribution in [3.05, 3.63) is 36.5 Å². The third-order valence-electron chi connectivity index (χ3n) is 11.1. The Kier molecular flexibility index (Phi) is 44.8. The second-order valence-corrected chi connectivity index (χ2v) is 16.5. The molecule has 0 aliphatic heterocycles.